The Morgan fingerprint density at radius 1 is 1.33 bits per heavy atom. The molecular formula is C11H16N4O2S. The highest BCUT2D eigenvalue weighted by Crippen LogP contribution is 2.29. The predicted octanol–water partition coefficient (Wildman–Crippen LogP) is 0.805. The molecule has 2 fully saturated rings. The Bertz CT molecular complexity index is 536. The molecule has 1 aliphatic carbocycles. The molecule has 1 aromatic rings. The predicted molar refractivity (Wildman–Crippen MR) is 67.6 cm³/mol. The van der Waals surface area contributed by atoms with Crippen molar-refractivity contribution in [1.82, 2.24) is 15.3 Å². The third kappa shape index (κ3) is 2.46. The lowest BCUT2D eigenvalue weighted by molar-refractivity contribution is 0.599. The summed E-state index contributed by atoms with van der Waals surface area (Å²) in [5, 5.41) is 3.08. The fraction of sp³-hybridized carbons (Fsp3) is 0.636. The van der Waals surface area contributed by atoms with Gasteiger partial charge in [-0.15, -0.1) is 0 Å². The van der Waals surface area contributed by atoms with Crippen LogP contribution < -0.4 is 10.0 Å². The highest BCUT2D eigenvalue weighted by molar-refractivity contribution is 7.93. The Balaban J connectivity index is 1.78. The van der Waals surface area contributed by atoms with Crippen LogP contribution in [0.1, 0.15) is 37.4 Å². The summed E-state index contributed by atoms with van der Waals surface area (Å²) in [6, 6.07) is 2.05. The van der Waals surface area contributed by atoms with Crippen molar-refractivity contribution < 1.29 is 8.42 Å². The largest absolute Gasteiger partial charge is 0.309 e. The summed E-state index contributed by atoms with van der Waals surface area (Å²) in [4.78, 5) is 8.26. The van der Waals surface area contributed by atoms with Gasteiger partial charge in [0.25, 0.3) is 0 Å². The summed E-state index contributed by atoms with van der Waals surface area (Å²) in [5.41, 5.74) is 0.857. The molecule has 0 bridgehead atoms. The molecule has 1 aliphatic heterocycles. The molecule has 0 unspecified atom stereocenters. The van der Waals surface area contributed by atoms with Gasteiger partial charge in [-0.2, -0.15) is 0 Å². The summed E-state index contributed by atoms with van der Waals surface area (Å²) in [5.74, 6) is 0.188. The molecule has 0 amide bonds. The lowest BCUT2D eigenvalue weighted by Crippen LogP contribution is -2.20. The summed E-state index contributed by atoms with van der Waals surface area (Å²) in [6.07, 6.45) is 5.23. The first kappa shape index (κ1) is 11.9. The number of nitrogens with zero attached hydrogens (tertiary/aromatic N) is 2. The van der Waals surface area contributed by atoms with Gasteiger partial charge >= 0.3 is 0 Å². The first-order valence-corrected chi connectivity index (χ1v) is 7.78. The molecule has 1 atom stereocenters. The Hall–Kier alpha value is -1.21. The SMILES string of the molecule is O=S(=O)(Nc1nccc([C@H]2CCCN2)n1)C1CC1. The topological polar surface area (TPSA) is 84.0 Å². The van der Waals surface area contributed by atoms with Crippen LogP contribution in [0.5, 0.6) is 0 Å². The number of nitrogens with one attached hydrogen (secondary N) is 2. The fourth-order valence-corrected chi connectivity index (χ4v) is 3.42. The molecule has 7 heteroatoms. The molecule has 1 saturated heterocycles. The van der Waals surface area contributed by atoms with Crippen LogP contribution in [0.3, 0.4) is 0 Å². The zero-order valence-electron chi connectivity index (χ0n) is 9.96. The van der Waals surface area contributed by atoms with Gasteiger partial charge in [0.15, 0.2) is 0 Å². The van der Waals surface area contributed by atoms with Gasteiger partial charge in [0.05, 0.1) is 10.9 Å². The van der Waals surface area contributed by atoms with Crippen LogP contribution in [-0.2, 0) is 10.0 Å². The quantitative estimate of drug-likeness (QED) is 0.844. The summed E-state index contributed by atoms with van der Waals surface area (Å²) in [6.45, 7) is 0.984. The van der Waals surface area contributed by atoms with Crippen molar-refractivity contribution in [2.24, 2.45) is 0 Å². The van der Waals surface area contributed by atoms with Gasteiger partial charge in [-0.1, -0.05) is 0 Å². The van der Waals surface area contributed by atoms with E-state index in [2.05, 4.69) is 20.0 Å². The Kier molecular flexibility index (Phi) is 2.95. The maximum absolute atomic E-state index is 11.8. The molecule has 6 nitrogen and oxygen atoms in total. The molecule has 0 radical (unpaired) electrons. The van der Waals surface area contributed by atoms with Crippen LogP contribution in [-0.4, -0.2) is 30.2 Å². The molecule has 18 heavy (non-hydrogen) atoms. The molecule has 0 spiro atoms. The maximum atomic E-state index is 11.8. The maximum Gasteiger partial charge on any atom is 0.237 e. The van der Waals surface area contributed by atoms with Gasteiger partial charge in [-0.25, -0.2) is 18.4 Å². The van der Waals surface area contributed by atoms with E-state index in [1.54, 1.807) is 6.20 Å². The standard InChI is InChI=1S/C11H16N4O2S/c16-18(17,8-3-4-8)15-11-13-7-5-10(14-11)9-2-1-6-12-9/h5,7-9,12H,1-4,6H2,(H,13,14,15)/t9-/m1/s1. The van der Waals surface area contributed by atoms with Crippen LogP contribution in [0.4, 0.5) is 5.95 Å². The van der Waals surface area contributed by atoms with Crippen LogP contribution >= 0.6 is 0 Å². The van der Waals surface area contributed by atoms with Gasteiger partial charge in [-0.05, 0) is 38.3 Å². The molecular weight excluding hydrogens is 252 g/mol. The van der Waals surface area contributed by atoms with E-state index < -0.39 is 10.0 Å². The number of aromatic nitrogens is 2. The second-order valence-corrected chi connectivity index (χ2v) is 6.76. The highest BCUT2D eigenvalue weighted by atomic mass is 32.2. The number of hydrogen-bond donors (Lipinski definition) is 2. The normalized spacial score (nSPS) is 24.1. The second kappa shape index (κ2) is 4.47. The average molecular weight is 268 g/mol. The van der Waals surface area contributed by atoms with Crippen LogP contribution in [0.2, 0.25) is 0 Å². The Labute approximate surface area is 106 Å². The van der Waals surface area contributed by atoms with E-state index in [9.17, 15) is 8.42 Å². The minimum atomic E-state index is -3.28. The molecule has 1 saturated carbocycles. The Morgan fingerprint density at radius 3 is 2.83 bits per heavy atom. The van der Waals surface area contributed by atoms with Crippen molar-refractivity contribution in [3.63, 3.8) is 0 Å². The number of rotatable bonds is 4. The highest BCUT2D eigenvalue weighted by Gasteiger charge is 2.36. The zero-order valence-corrected chi connectivity index (χ0v) is 10.8. The molecule has 2 aliphatic rings. The van der Waals surface area contributed by atoms with Crippen molar-refractivity contribution in [1.29, 1.82) is 0 Å². The van der Waals surface area contributed by atoms with Gasteiger partial charge in [0.2, 0.25) is 16.0 Å². The first-order valence-electron chi connectivity index (χ1n) is 6.23. The van der Waals surface area contributed by atoms with E-state index in [4.69, 9.17) is 0 Å². The fourth-order valence-electron chi connectivity index (χ4n) is 2.14. The number of sulfonamides is 1. The summed E-state index contributed by atoms with van der Waals surface area (Å²) < 4.78 is 26.0. The Morgan fingerprint density at radius 2 is 2.17 bits per heavy atom. The summed E-state index contributed by atoms with van der Waals surface area (Å²) >= 11 is 0. The smallest absolute Gasteiger partial charge is 0.237 e. The molecule has 98 valence electrons. The lowest BCUT2D eigenvalue weighted by atomic mass is 10.1. The van der Waals surface area contributed by atoms with Crippen LogP contribution in [0, 0.1) is 0 Å². The molecule has 0 aromatic carbocycles. The van der Waals surface area contributed by atoms with Gasteiger partial charge in [0, 0.05) is 12.2 Å². The van der Waals surface area contributed by atoms with E-state index in [1.807, 2.05) is 6.07 Å². The van der Waals surface area contributed by atoms with E-state index in [0.29, 0.717) is 0 Å². The van der Waals surface area contributed by atoms with Crippen LogP contribution in [0.25, 0.3) is 0 Å². The van der Waals surface area contributed by atoms with E-state index in [0.717, 1.165) is 37.9 Å². The van der Waals surface area contributed by atoms with Crippen LogP contribution in [0.15, 0.2) is 12.3 Å². The molecule has 1 aromatic heterocycles. The third-order valence-electron chi connectivity index (χ3n) is 3.29. The van der Waals surface area contributed by atoms with E-state index in [-0.39, 0.29) is 17.2 Å². The van der Waals surface area contributed by atoms with Crippen molar-refractivity contribution >= 4 is 16.0 Å². The average Bonchev–Trinajstić information content (AvgIpc) is 3.06. The second-order valence-electron chi connectivity index (χ2n) is 4.80. The first-order chi connectivity index (χ1) is 8.65. The van der Waals surface area contributed by atoms with E-state index in [1.165, 1.54) is 0 Å². The molecule has 3 rings (SSSR count). The molecule has 2 heterocycles. The van der Waals surface area contributed by atoms with Crippen molar-refractivity contribution in [2.75, 3.05) is 11.3 Å². The third-order valence-corrected chi connectivity index (χ3v) is 5.11. The summed E-state index contributed by atoms with van der Waals surface area (Å²) in [7, 11) is -3.28. The zero-order chi connectivity index (χ0) is 12.6. The number of anilines is 1. The van der Waals surface area contributed by atoms with Gasteiger partial charge in [0.1, 0.15) is 0 Å². The van der Waals surface area contributed by atoms with Crippen molar-refractivity contribution in [2.45, 2.75) is 37.0 Å². The van der Waals surface area contributed by atoms with Gasteiger partial charge < -0.3 is 5.32 Å². The monoisotopic (exact) mass is 268 g/mol. The minimum absolute atomic E-state index is 0.188. The van der Waals surface area contributed by atoms with E-state index >= 15 is 0 Å². The lowest BCUT2D eigenvalue weighted by Gasteiger charge is -2.11. The van der Waals surface area contributed by atoms with Crippen molar-refractivity contribution in [3.05, 3.63) is 18.0 Å². The van der Waals surface area contributed by atoms with Crippen molar-refractivity contribution in [3.8, 4) is 0 Å². The number of hydrogen-bond acceptors (Lipinski definition) is 5. The minimum Gasteiger partial charge on any atom is -0.309 e. The molecule has 2 N–H and O–H groups in total. The van der Waals surface area contributed by atoms with Gasteiger partial charge in [-0.3, -0.25) is 4.72 Å².